The summed E-state index contributed by atoms with van der Waals surface area (Å²) in [7, 11) is 0. The van der Waals surface area contributed by atoms with Crippen LogP contribution in [0.15, 0.2) is 91.1 Å². The van der Waals surface area contributed by atoms with Gasteiger partial charge in [0.25, 0.3) is 0 Å². The highest BCUT2D eigenvalue weighted by atomic mass is 16.2. The van der Waals surface area contributed by atoms with Crippen molar-refractivity contribution in [3.05, 3.63) is 96.7 Å². The molecule has 1 aliphatic heterocycles. The number of likely N-dealkylation sites (tertiary alicyclic amines) is 1. The van der Waals surface area contributed by atoms with Crippen molar-refractivity contribution in [2.45, 2.75) is 39.2 Å². The topological polar surface area (TPSA) is 51.0 Å². The summed E-state index contributed by atoms with van der Waals surface area (Å²) >= 11 is 0. The second-order valence-electron chi connectivity index (χ2n) is 7.89. The van der Waals surface area contributed by atoms with E-state index < -0.39 is 0 Å². The van der Waals surface area contributed by atoms with Crippen molar-refractivity contribution in [3.8, 4) is 22.4 Å². The van der Waals surface area contributed by atoms with Gasteiger partial charge in [0.05, 0.1) is 12.2 Å². The Morgan fingerprint density at radius 1 is 0.788 bits per heavy atom. The fourth-order valence-corrected chi connectivity index (χ4v) is 4.27. The zero-order valence-corrected chi connectivity index (χ0v) is 19.3. The summed E-state index contributed by atoms with van der Waals surface area (Å²) in [6.45, 7) is 4.74. The van der Waals surface area contributed by atoms with E-state index in [4.69, 9.17) is 0 Å². The molecule has 1 aliphatic rings. The van der Waals surface area contributed by atoms with Crippen molar-refractivity contribution in [1.82, 2.24) is 19.9 Å². The van der Waals surface area contributed by atoms with E-state index in [0.717, 1.165) is 36.9 Å². The molecule has 0 spiro atoms. The molecule has 1 aromatic heterocycles. The molecule has 0 radical (unpaired) electrons. The first-order valence-corrected chi connectivity index (χ1v) is 11.7. The highest BCUT2D eigenvalue weighted by Gasteiger charge is 2.29. The molecule has 3 aromatic carbocycles. The Balaban J connectivity index is 0.00000126. The van der Waals surface area contributed by atoms with Crippen LogP contribution in [-0.4, -0.2) is 32.5 Å². The molecule has 4 aromatic rings. The first-order valence-electron chi connectivity index (χ1n) is 11.7. The van der Waals surface area contributed by atoms with Gasteiger partial charge in [-0.25, -0.2) is 4.79 Å². The Hall–Kier alpha value is -3.73. The average Bonchev–Trinajstić information content (AvgIpc) is 3.41. The van der Waals surface area contributed by atoms with Crippen LogP contribution in [0.4, 0.5) is 4.79 Å². The maximum absolute atomic E-state index is 13.3. The first kappa shape index (κ1) is 22.5. The average molecular weight is 439 g/mol. The Kier molecular flexibility index (Phi) is 7.30. The van der Waals surface area contributed by atoms with Gasteiger partial charge in [0.2, 0.25) is 0 Å². The third-order valence-electron chi connectivity index (χ3n) is 5.91. The predicted molar refractivity (Wildman–Crippen MR) is 133 cm³/mol. The quantitative estimate of drug-likeness (QED) is 0.352. The molecule has 0 N–H and O–H groups in total. The van der Waals surface area contributed by atoms with Crippen LogP contribution in [0.3, 0.4) is 0 Å². The van der Waals surface area contributed by atoms with Gasteiger partial charge < -0.3 is 4.90 Å². The lowest BCUT2D eigenvalue weighted by Gasteiger charge is -2.35. The van der Waals surface area contributed by atoms with Gasteiger partial charge in [-0.2, -0.15) is 4.68 Å². The fraction of sp³-hybridized carbons (Fsp3) is 0.250. The summed E-state index contributed by atoms with van der Waals surface area (Å²) in [5.41, 5.74) is 5.13. The number of hydrogen-bond donors (Lipinski definition) is 0. The molecule has 0 bridgehead atoms. The summed E-state index contributed by atoms with van der Waals surface area (Å²) in [6, 6.07) is 28.7. The zero-order chi connectivity index (χ0) is 23.0. The van der Waals surface area contributed by atoms with E-state index in [9.17, 15) is 4.79 Å². The van der Waals surface area contributed by atoms with E-state index in [1.165, 1.54) is 15.8 Å². The highest BCUT2D eigenvalue weighted by Crippen LogP contribution is 2.31. The van der Waals surface area contributed by atoms with Crippen LogP contribution in [-0.2, 0) is 0 Å². The van der Waals surface area contributed by atoms with Crippen molar-refractivity contribution < 1.29 is 4.79 Å². The van der Waals surface area contributed by atoms with Crippen LogP contribution in [0.5, 0.6) is 0 Å². The summed E-state index contributed by atoms with van der Waals surface area (Å²) in [5.74, 6) is 0. The first-order chi connectivity index (χ1) is 16.3. The van der Waals surface area contributed by atoms with Crippen molar-refractivity contribution in [3.63, 3.8) is 0 Å². The van der Waals surface area contributed by atoms with Crippen molar-refractivity contribution >= 4 is 6.03 Å². The number of piperidine rings is 1. The molecule has 0 aliphatic carbocycles. The van der Waals surface area contributed by atoms with E-state index >= 15 is 0 Å². The predicted octanol–water partition coefficient (Wildman–Crippen LogP) is 6.83. The molecule has 1 atom stereocenters. The molecule has 1 amide bonds. The number of carbonyl (C=O) groups excluding carboxylic acids is 1. The largest absolute Gasteiger partial charge is 0.346 e. The minimum atomic E-state index is -0.117. The van der Waals surface area contributed by atoms with E-state index in [0.29, 0.717) is 5.69 Å². The summed E-state index contributed by atoms with van der Waals surface area (Å²) in [6.07, 6.45) is 4.84. The monoisotopic (exact) mass is 438 g/mol. The second kappa shape index (κ2) is 10.7. The molecule has 5 nitrogen and oxygen atoms in total. The number of hydrogen-bond acceptors (Lipinski definition) is 3. The van der Waals surface area contributed by atoms with Crippen molar-refractivity contribution in [2.75, 3.05) is 6.54 Å². The molecular formula is C28H30N4O. The minimum Gasteiger partial charge on any atom is -0.316 e. The molecule has 2 heterocycles. The van der Waals surface area contributed by atoms with Crippen molar-refractivity contribution in [2.24, 2.45) is 0 Å². The van der Waals surface area contributed by atoms with Gasteiger partial charge in [0.15, 0.2) is 0 Å². The highest BCUT2D eigenvalue weighted by molar-refractivity contribution is 5.78. The molecule has 5 heteroatoms. The van der Waals surface area contributed by atoms with Gasteiger partial charge >= 0.3 is 6.03 Å². The lowest BCUT2D eigenvalue weighted by atomic mass is 9.96. The molecule has 1 unspecified atom stereocenters. The Morgan fingerprint density at radius 3 is 2.09 bits per heavy atom. The van der Waals surface area contributed by atoms with Gasteiger partial charge in [-0.05, 0) is 36.0 Å². The minimum absolute atomic E-state index is 0.0836. The number of rotatable bonds is 3. The number of aromatic nitrogens is 3. The zero-order valence-electron chi connectivity index (χ0n) is 19.3. The van der Waals surface area contributed by atoms with E-state index in [2.05, 4.69) is 46.7 Å². The molecule has 1 fully saturated rings. The molecule has 0 saturated carbocycles. The standard InChI is InChI=1S/C26H24N4O.C2H6/c31-26(29-18-8-7-13-25(29)23-11-5-2-6-12-23)30-19-24(27-28-30)22-16-14-21(15-17-22)20-9-3-1-4-10-20;1-2/h1-6,9-12,14-17,19,25H,7-8,13,18H2;1-2H3. The van der Waals surface area contributed by atoms with Gasteiger partial charge in [-0.1, -0.05) is 104 Å². The molecule has 5 rings (SSSR count). The molecule has 33 heavy (non-hydrogen) atoms. The van der Waals surface area contributed by atoms with E-state index in [1.807, 2.05) is 67.3 Å². The SMILES string of the molecule is CC.O=C(N1CCCCC1c1ccccc1)n1cc(-c2ccc(-c3ccccc3)cc2)nn1. The number of amides is 1. The number of benzene rings is 3. The van der Waals surface area contributed by atoms with Crippen LogP contribution in [0.25, 0.3) is 22.4 Å². The normalized spacial score (nSPS) is 15.5. The summed E-state index contributed by atoms with van der Waals surface area (Å²) in [5, 5.41) is 8.42. The third kappa shape index (κ3) is 5.03. The van der Waals surface area contributed by atoms with E-state index in [-0.39, 0.29) is 12.1 Å². The van der Waals surface area contributed by atoms with Crippen LogP contribution in [0.1, 0.15) is 44.7 Å². The van der Waals surface area contributed by atoms with Crippen LogP contribution in [0.2, 0.25) is 0 Å². The fourth-order valence-electron chi connectivity index (χ4n) is 4.27. The van der Waals surface area contributed by atoms with Gasteiger partial charge in [0, 0.05) is 12.1 Å². The van der Waals surface area contributed by atoms with Gasteiger partial charge in [-0.15, -0.1) is 5.10 Å². The molecular weight excluding hydrogens is 408 g/mol. The lowest BCUT2D eigenvalue weighted by Crippen LogP contribution is -2.41. The lowest BCUT2D eigenvalue weighted by molar-refractivity contribution is 0.149. The summed E-state index contributed by atoms with van der Waals surface area (Å²) in [4.78, 5) is 15.2. The van der Waals surface area contributed by atoms with E-state index in [1.54, 1.807) is 6.20 Å². The maximum atomic E-state index is 13.3. The Labute approximate surface area is 195 Å². The van der Waals surface area contributed by atoms with Crippen LogP contribution in [0, 0.1) is 0 Å². The summed E-state index contributed by atoms with van der Waals surface area (Å²) < 4.78 is 1.38. The number of carbonyl (C=O) groups is 1. The third-order valence-corrected chi connectivity index (χ3v) is 5.91. The Bertz CT molecular complexity index is 1150. The van der Waals surface area contributed by atoms with Crippen LogP contribution < -0.4 is 0 Å². The van der Waals surface area contributed by atoms with Gasteiger partial charge in [-0.3, -0.25) is 0 Å². The number of nitrogens with zero attached hydrogens (tertiary/aromatic N) is 4. The molecule has 1 saturated heterocycles. The van der Waals surface area contributed by atoms with Crippen LogP contribution >= 0.6 is 0 Å². The van der Waals surface area contributed by atoms with Gasteiger partial charge in [0.1, 0.15) is 5.69 Å². The molecule has 168 valence electrons. The Morgan fingerprint density at radius 2 is 1.39 bits per heavy atom. The second-order valence-corrected chi connectivity index (χ2v) is 7.89. The maximum Gasteiger partial charge on any atom is 0.346 e. The van der Waals surface area contributed by atoms with Crippen molar-refractivity contribution in [1.29, 1.82) is 0 Å². The smallest absolute Gasteiger partial charge is 0.316 e.